The quantitative estimate of drug-likeness (QED) is 0.705. The summed E-state index contributed by atoms with van der Waals surface area (Å²) >= 11 is 0. The Kier molecular flexibility index (Phi) is 5.30. The minimum absolute atomic E-state index is 0.132. The Morgan fingerprint density at radius 3 is 2.19 bits per heavy atom. The van der Waals surface area contributed by atoms with E-state index in [0.717, 1.165) is 21.9 Å². The third-order valence-corrected chi connectivity index (χ3v) is 5.78. The lowest BCUT2D eigenvalue weighted by Crippen LogP contribution is -2.41. The lowest BCUT2D eigenvalue weighted by molar-refractivity contribution is -0.117. The van der Waals surface area contributed by atoms with E-state index in [2.05, 4.69) is 10.0 Å². The van der Waals surface area contributed by atoms with Crippen molar-refractivity contribution in [2.45, 2.75) is 31.7 Å². The molecule has 0 aliphatic rings. The summed E-state index contributed by atoms with van der Waals surface area (Å²) in [5.74, 6) is -0.413. The minimum Gasteiger partial charge on any atom is -0.325 e. The highest BCUT2D eigenvalue weighted by Crippen LogP contribution is 2.19. The average Bonchev–Trinajstić information content (AvgIpc) is 2.60. The molecule has 3 aromatic carbocycles. The molecule has 0 bridgehead atoms. The SMILES string of the molecule is Cc1cc(C)cc(NC(=O)C(C)NS(=O)(=O)c2ccc3ccccc3c2)c1. The third-order valence-electron chi connectivity index (χ3n) is 4.25. The number of sulfonamides is 1. The Balaban J connectivity index is 1.76. The topological polar surface area (TPSA) is 75.3 Å². The highest BCUT2D eigenvalue weighted by molar-refractivity contribution is 7.89. The fourth-order valence-electron chi connectivity index (χ4n) is 2.99. The van der Waals surface area contributed by atoms with Crippen LogP contribution < -0.4 is 10.0 Å². The van der Waals surface area contributed by atoms with Gasteiger partial charge in [0.25, 0.3) is 0 Å². The molecule has 5 nitrogen and oxygen atoms in total. The molecule has 0 spiro atoms. The number of carbonyl (C=O) groups is 1. The molecule has 3 aromatic rings. The van der Waals surface area contributed by atoms with E-state index in [-0.39, 0.29) is 4.90 Å². The summed E-state index contributed by atoms with van der Waals surface area (Å²) in [5.41, 5.74) is 2.69. The summed E-state index contributed by atoms with van der Waals surface area (Å²) in [6.07, 6.45) is 0. The van der Waals surface area contributed by atoms with Crippen molar-refractivity contribution in [3.05, 3.63) is 71.8 Å². The van der Waals surface area contributed by atoms with Gasteiger partial charge in [-0.3, -0.25) is 4.79 Å². The number of amides is 1. The van der Waals surface area contributed by atoms with Crippen LogP contribution in [-0.4, -0.2) is 20.4 Å². The lowest BCUT2D eigenvalue weighted by atomic mass is 10.1. The molecule has 140 valence electrons. The average molecular weight is 382 g/mol. The van der Waals surface area contributed by atoms with E-state index >= 15 is 0 Å². The van der Waals surface area contributed by atoms with Gasteiger partial charge in [-0.15, -0.1) is 0 Å². The minimum atomic E-state index is -3.82. The summed E-state index contributed by atoms with van der Waals surface area (Å²) in [5, 5.41) is 4.54. The molecule has 1 amide bonds. The molecule has 27 heavy (non-hydrogen) atoms. The van der Waals surface area contributed by atoms with Crippen LogP contribution in [0.15, 0.2) is 65.6 Å². The number of fused-ring (bicyclic) bond motifs is 1. The molecule has 1 atom stereocenters. The highest BCUT2D eigenvalue weighted by Gasteiger charge is 2.22. The summed E-state index contributed by atoms with van der Waals surface area (Å²) in [6, 6.07) is 17.2. The largest absolute Gasteiger partial charge is 0.325 e. The second-order valence-corrected chi connectivity index (χ2v) is 8.43. The van der Waals surface area contributed by atoms with Gasteiger partial charge in [-0.1, -0.05) is 36.4 Å². The highest BCUT2D eigenvalue weighted by atomic mass is 32.2. The van der Waals surface area contributed by atoms with Gasteiger partial charge in [0.1, 0.15) is 0 Å². The van der Waals surface area contributed by atoms with E-state index in [1.54, 1.807) is 18.2 Å². The molecule has 0 saturated heterocycles. The first-order valence-electron chi connectivity index (χ1n) is 8.65. The van der Waals surface area contributed by atoms with Crippen LogP contribution in [0.1, 0.15) is 18.1 Å². The van der Waals surface area contributed by atoms with Crippen molar-refractivity contribution in [3.63, 3.8) is 0 Å². The Labute approximate surface area is 159 Å². The maximum Gasteiger partial charge on any atom is 0.242 e. The van der Waals surface area contributed by atoms with E-state index in [0.29, 0.717) is 5.69 Å². The van der Waals surface area contributed by atoms with Gasteiger partial charge in [0.2, 0.25) is 15.9 Å². The van der Waals surface area contributed by atoms with Gasteiger partial charge in [-0.25, -0.2) is 8.42 Å². The van der Waals surface area contributed by atoms with Gasteiger partial charge in [-0.05, 0) is 66.9 Å². The van der Waals surface area contributed by atoms with Gasteiger partial charge in [-0.2, -0.15) is 4.72 Å². The predicted octanol–water partition coefficient (Wildman–Crippen LogP) is 3.76. The van der Waals surface area contributed by atoms with Crippen LogP contribution in [0.2, 0.25) is 0 Å². The fourth-order valence-corrected chi connectivity index (χ4v) is 4.22. The Hall–Kier alpha value is -2.70. The Morgan fingerprint density at radius 2 is 1.52 bits per heavy atom. The first-order chi connectivity index (χ1) is 12.7. The van der Waals surface area contributed by atoms with E-state index < -0.39 is 22.0 Å². The third kappa shape index (κ3) is 4.53. The molecule has 3 rings (SSSR count). The number of benzene rings is 3. The maximum atomic E-state index is 12.7. The second kappa shape index (κ2) is 7.50. The van der Waals surface area contributed by atoms with E-state index in [4.69, 9.17) is 0 Å². The van der Waals surface area contributed by atoms with Crippen LogP contribution in [0.4, 0.5) is 5.69 Å². The van der Waals surface area contributed by atoms with Crippen molar-refractivity contribution < 1.29 is 13.2 Å². The zero-order valence-corrected chi connectivity index (χ0v) is 16.3. The van der Waals surface area contributed by atoms with Crippen molar-refractivity contribution in [1.29, 1.82) is 0 Å². The molecule has 2 N–H and O–H groups in total. The molecule has 0 aromatic heterocycles. The summed E-state index contributed by atoms with van der Waals surface area (Å²) in [6.45, 7) is 5.40. The number of hydrogen-bond acceptors (Lipinski definition) is 3. The maximum absolute atomic E-state index is 12.7. The van der Waals surface area contributed by atoms with Crippen molar-refractivity contribution in [3.8, 4) is 0 Å². The van der Waals surface area contributed by atoms with Gasteiger partial charge >= 0.3 is 0 Å². The van der Waals surface area contributed by atoms with Crippen LogP contribution in [0, 0.1) is 13.8 Å². The monoisotopic (exact) mass is 382 g/mol. The van der Waals surface area contributed by atoms with Crippen LogP contribution in [0.25, 0.3) is 10.8 Å². The zero-order chi connectivity index (χ0) is 19.6. The first kappa shape index (κ1) is 19.1. The summed E-state index contributed by atoms with van der Waals surface area (Å²) in [4.78, 5) is 12.6. The lowest BCUT2D eigenvalue weighted by Gasteiger charge is -2.15. The van der Waals surface area contributed by atoms with Crippen molar-refractivity contribution in [1.82, 2.24) is 4.72 Å². The molecule has 0 fully saturated rings. The molecule has 0 heterocycles. The number of nitrogens with one attached hydrogen (secondary N) is 2. The molecular weight excluding hydrogens is 360 g/mol. The molecular formula is C21H22N2O3S. The zero-order valence-electron chi connectivity index (χ0n) is 15.5. The number of rotatable bonds is 5. The predicted molar refractivity (Wildman–Crippen MR) is 108 cm³/mol. The van der Waals surface area contributed by atoms with E-state index in [1.165, 1.54) is 6.92 Å². The Bertz CT molecular complexity index is 1090. The first-order valence-corrected chi connectivity index (χ1v) is 10.1. The fraction of sp³-hybridized carbons (Fsp3) is 0.190. The van der Waals surface area contributed by atoms with Crippen LogP contribution in [-0.2, 0) is 14.8 Å². The molecule has 0 aliphatic carbocycles. The van der Waals surface area contributed by atoms with Crippen LogP contribution >= 0.6 is 0 Å². The summed E-state index contributed by atoms with van der Waals surface area (Å²) in [7, 11) is -3.82. The normalized spacial score (nSPS) is 12.7. The number of anilines is 1. The van der Waals surface area contributed by atoms with Crippen molar-refractivity contribution in [2.24, 2.45) is 0 Å². The van der Waals surface area contributed by atoms with Gasteiger partial charge < -0.3 is 5.32 Å². The number of hydrogen-bond donors (Lipinski definition) is 2. The Morgan fingerprint density at radius 1 is 0.889 bits per heavy atom. The van der Waals surface area contributed by atoms with Gasteiger partial charge in [0, 0.05) is 5.69 Å². The van der Waals surface area contributed by atoms with E-state index in [1.807, 2.05) is 56.3 Å². The van der Waals surface area contributed by atoms with Gasteiger partial charge in [0.05, 0.1) is 10.9 Å². The van der Waals surface area contributed by atoms with Crippen molar-refractivity contribution in [2.75, 3.05) is 5.32 Å². The molecule has 0 radical (unpaired) electrons. The molecule has 0 aliphatic heterocycles. The standard InChI is InChI=1S/C21H22N2O3S/c1-14-10-15(2)12-19(11-14)22-21(24)16(3)23-27(25,26)20-9-8-17-6-4-5-7-18(17)13-20/h4-13,16,23H,1-3H3,(H,22,24). The second-order valence-electron chi connectivity index (χ2n) is 6.72. The van der Waals surface area contributed by atoms with Crippen LogP contribution in [0.3, 0.4) is 0 Å². The molecule has 1 unspecified atom stereocenters. The van der Waals surface area contributed by atoms with Crippen LogP contribution in [0.5, 0.6) is 0 Å². The number of carbonyl (C=O) groups excluding carboxylic acids is 1. The molecule has 6 heteroatoms. The molecule has 0 saturated carbocycles. The van der Waals surface area contributed by atoms with E-state index in [9.17, 15) is 13.2 Å². The summed E-state index contributed by atoms with van der Waals surface area (Å²) < 4.78 is 27.8. The smallest absolute Gasteiger partial charge is 0.242 e. The number of aryl methyl sites for hydroxylation is 2. The van der Waals surface area contributed by atoms with Gasteiger partial charge in [0.15, 0.2) is 0 Å². The van der Waals surface area contributed by atoms with Crippen molar-refractivity contribution >= 4 is 32.4 Å².